The van der Waals surface area contributed by atoms with Gasteiger partial charge in [-0.05, 0) is 53.6 Å². The smallest absolute Gasteiger partial charge is 0.867 e. The minimum absolute atomic E-state index is 0. The molecule has 47 heavy (non-hydrogen) atoms. The third-order valence-corrected chi connectivity index (χ3v) is 9.40. The Morgan fingerprint density at radius 1 is 0.957 bits per heavy atom. The van der Waals surface area contributed by atoms with Gasteiger partial charge in [0.25, 0.3) is 0 Å². The summed E-state index contributed by atoms with van der Waals surface area (Å²) in [6.45, 7) is 1.42. The molecule has 3 saturated heterocycles. The van der Waals surface area contributed by atoms with Gasteiger partial charge in [-0.2, -0.15) is 8.42 Å². The number of aliphatic hydroxyl groups excluding tert-OH is 1. The number of cyclic esters (lactones) is 1. The van der Waals surface area contributed by atoms with Crippen LogP contribution in [0.2, 0.25) is 0 Å². The first-order chi connectivity index (χ1) is 22.0. The van der Waals surface area contributed by atoms with Gasteiger partial charge < -0.3 is 52.8 Å². The minimum atomic E-state index is -5.11. The molecule has 4 aliphatic heterocycles. The molecule has 2 N–H and O–H groups in total. The van der Waals surface area contributed by atoms with E-state index >= 15 is 0 Å². The Morgan fingerprint density at radius 2 is 1.62 bits per heavy atom. The molecule has 7 rings (SSSR count). The Morgan fingerprint density at radius 3 is 2.26 bits per heavy atom. The van der Waals surface area contributed by atoms with Gasteiger partial charge >= 0.3 is 45.9 Å². The van der Waals surface area contributed by atoms with Crippen LogP contribution in [-0.2, 0) is 43.1 Å². The second kappa shape index (κ2) is 13.1. The van der Waals surface area contributed by atoms with E-state index in [4.69, 9.17) is 46.8 Å². The molecule has 1 aliphatic carbocycles. The van der Waals surface area contributed by atoms with Gasteiger partial charge in [-0.3, -0.25) is 9.35 Å². The van der Waals surface area contributed by atoms with Gasteiger partial charge in [0.2, 0.25) is 6.79 Å². The van der Waals surface area contributed by atoms with Crippen LogP contribution in [0, 0.1) is 11.8 Å². The summed E-state index contributed by atoms with van der Waals surface area (Å²) in [5.41, 5.74) is 1.58. The molecule has 10 atom stereocenters. The molecule has 2 aromatic carbocycles. The van der Waals surface area contributed by atoms with Crippen molar-refractivity contribution in [2.24, 2.45) is 11.8 Å². The van der Waals surface area contributed by atoms with Gasteiger partial charge in [-0.1, -0.05) is 0 Å². The largest absolute Gasteiger partial charge is 1.00 e. The fourth-order valence-corrected chi connectivity index (χ4v) is 7.44. The van der Waals surface area contributed by atoms with Crippen LogP contribution in [0.25, 0.3) is 0 Å². The molecule has 3 fully saturated rings. The van der Waals surface area contributed by atoms with E-state index in [1.165, 1.54) is 26.4 Å². The van der Waals surface area contributed by atoms with E-state index < -0.39 is 83.0 Å². The predicted octanol–water partition coefficient (Wildman–Crippen LogP) is -2.46. The third-order valence-electron chi connectivity index (χ3n) is 8.94. The zero-order valence-corrected chi connectivity index (χ0v) is 28.5. The summed E-state index contributed by atoms with van der Waals surface area (Å²) in [7, 11) is -2.41. The van der Waals surface area contributed by atoms with E-state index in [0.717, 1.165) is 0 Å². The topological polar surface area (TPSA) is 207 Å². The SMILES string of the molecule is COc1cc([C@@H]2c3cc4c(cc3[C@@H](O[C@@H]3O[C@@H]5CO[C@@H](C)O[C@H]5[C@H](O)[C@H]3OS(=O)(=O)O)[C@H]3COC(=O)[C@H]23)OCO4)cc(OC)c1[O-].[Na+]. The fourth-order valence-electron chi connectivity index (χ4n) is 6.95. The van der Waals surface area contributed by atoms with Crippen molar-refractivity contribution in [3.8, 4) is 28.7 Å². The minimum Gasteiger partial charge on any atom is -0.867 e. The maximum absolute atomic E-state index is 13.5. The van der Waals surface area contributed by atoms with Crippen LogP contribution in [0.3, 0.4) is 0 Å². The summed E-state index contributed by atoms with van der Waals surface area (Å²) in [4.78, 5) is 13.5. The number of carbonyl (C=O) groups excluding carboxylic acids is 1. The molecule has 5 aliphatic rings. The molecule has 0 radical (unpaired) electrons. The number of esters is 1. The predicted molar refractivity (Wildman–Crippen MR) is 147 cm³/mol. The normalized spacial score (nSPS) is 33.9. The number of hydrogen-bond donors (Lipinski definition) is 2. The number of aliphatic hydroxyl groups is 1. The molecule has 18 heteroatoms. The number of methoxy groups -OCH3 is 2. The second-order valence-corrected chi connectivity index (χ2v) is 12.5. The Balaban J connectivity index is 0.00000386. The average molecular weight is 691 g/mol. The van der Waals surface area contributed by atoms with Gasteiger partial charge in [-0.25, -0.2) is 4.18 Å². The van der Waals surface area contributed by atoms with E-state index in [9.17, 15) is 28.0 Å². The quantitative estimate of drug-likeness (QED) is 0.175. The van der Waals surface area contributed by atoms with Gasteiger partial charge in [0, 0.05) is 11.8 Å². The molecular weight excluding hydrogens is 659 g/mol. The van der Waals surface area contributed by atoms with Gasteiger partial charge in [0.1, 0.15) is 29.8 Å². The van der Waals surface area contributed by atoms with Gasteiger partial charge in [0.15, 0.2) is 30.2 Å². The summed E-state index contributed by atoms with van der Waals surface area (Å²) in [6, 6.07) is 6.45. The summed E-state index contributed by atoms with van der Waals surface area (Å²) < 4.78 is 89.5. The van der Waals surface area contributed by atoms with Crippen molar-refractivity contribution in [3.63, 3.8) is 0 Å². The zero-order valence-electron chi connectivity index (χ0n) is 25.7. The maximum Gasteiger partial charge on any atom is 1.00 e. The third kappa shape index (κ3) is 6.16. The number of fused-ring (bicyclic) bond motifs is 4. The Bertz CT molecular complexity index is 1610. The van der Waals surface area contributed by atoms with E-state index in [1.54, 1.807) is 19.1 Å². The zero-order chi connectivity index (χ0) is 32.5. The summed E-state index contributed by atoms with van der Waals surface area (Å²) >= 11 is 0. The van der Waals surface area contributed by atoms with E-state index in [-0.39, 0.29) is 61.1 Å². The molecule has 0 unspecified atom stereocenters. The molecule has 0 bridgehead atoms. The fraction of sp³-hybridized carbons (Fsp3) is 0.552. The molecule has 0 aromatic heterocycles. The molecule has 0 spiro atoms. The van der Waals surface area contributed by atoms with Crippen LogP contribution < -0.4 is 53.6 Å². The Kier molecular flexibility index (Phi) is 9.62. The van der Waals surface area contributed by atoms with E-state index in [0.29, 0.717) is 28.2 Å². The Hall–Kier alpha value is -2.42. The van der Waals surface area contributed by atoms with E-state index in [2.05, 4.69) is 0 Å². The number of ether oxygens (including phenoxy) is 9. The van der Waals surface area contributed by atoms with Crippen molar-refractivity contribution < 1.29 is 104 Å². The molecule has 16 nitrogen and oxygen atoms in total. The molecule has 0 amide bonds. The average Bonchev–Trinajstić information content (AvgIpc) is 3.64. The van der Waals surface area contributed by atoms with Crippen LogP contribution in [-0.4, -0.2) is 95.3 Å². The number of benzene rings is 2. The first-order valence-electron chi connectivity index (χ1n) is 14.4. The van der Waals surface area contributed by atoms with Crippen molar-refractivity contribution in [3.05, 3.63) is 41.0 Å². The van der Waals surface area contributed by atoms with Crippen LogP contribution in [0.15, 0.2) is 24.3 Å². The van der Waals surface area contributed by atoms with Crippen molar-refractivity contribution in [1.82, 2.24) is 0 Å². The molecule has 2 aromatic rings. The van der Waals surface area contributed by atoms with Gasteiger partial charge in [0.05, 0.1) is 39.5 Å². The molecule has 250 valence electrons. The van der Waals surface area contributed by atoms with Crippen molar-refractivity contribution in [1.29, 1.82) is 0 Å². The number of hydrogen-bond acceptors (Lipinski definition) is 15. The monoisotopic (exact) mass is 690 g/mol. The van der Waals surface area contributed by atoms with Crippen LogP contribution in [0.5, 0.6) is 28.7 Å². The second-order valence-electron chi connectivity index (χ2n) is 11.5. The summed E-state index contributed by atoms with van der Waals surface area (Å²) in [6.07, 6.45) is -8.72. The van der Waals surface area contributed by atoms with Crippen molar-refractivity contribution in [2.45, 2.75) is 55.9 Å². The molecular formula is C29H31NaO16S. The van der Waals surface area contributed by atoms with Crippen molar-refractivity contribution in [2.75, 3.05) is 34.2 Å². The van der Waals surface area contributed by atoms with Gasteiger partial charge in [-0.15, -0.1) is 0 Å². The standard InChI is InChI=1S/C29H32O16S.Na/c1-11-38-9-20-26(42-11)24(31)27(45-46(33,34)35)29(43-20)44-25-14-7-17-16(40-10-41-17)6-13(14)21(22-15(25)8-39-28(22)32)12-4-18(36-2)23(30)19(5-12)37-3;/h4-7,11,15,20-22,24-27,29-31H,8-10H2,1-3H3,(H,33,34,35);/q;+1/p-1/t11-,15+,20-,21-,22+,24+,25-,26-,27-,29+;/m1./s1. The number of carbonyl (C=O) groups is 1. The van der Waals surface area contributed by atoms with E-state index in [1.807, 2.05) is 0 Å². The maximum atomic E-state index is 13.5. The first kappa shape index (κ1) is 34.4. The van der Waals surface area contributed by atoms with Crippen LogP contribution in [0.1, 0.15) is 35.6 Å². The summed E-state index contributed by atoms with van der Waals surface area (Å²) in [5.74, 6) is -2.50. The molecule has 0 saturated carbocycles. The van der Waals surface area contributed by atoms with Crippen LogP contribution in [0.4, 0.5) is 0 Å². The number of rotatable bonds is 7. The molecule has 4 heterocycles. The first-order valence-corrected chi connectivity index (χ1v) is 15.8. The van der Waals surface area contributed by atoms with Crippen LogP contribution >= 0.6 is 0 Å². The van der Waals surface area contributed by atoms with Crippen molar-refractivity contribution >= 4 is 16.4 Å². The summed E-state index contributed by atoms with van der Waals surface area (Å²) in [5, 5.41) is 24.0. The Labute approximate surface area is 291 Å².